The second kappa shape index (κ2) is 4.34. The summed E-state index contributed by atoms with van der Waals surface area (Å²) >= 11 is 1.75. The minimum atomic E-state index is 0.711. The minimum absolute atomic E-state index is 0.711. The molecule has 74 valence electrons. The quantitative estimate of drug-likeness (QED) is 0.800. The van der Waals surface area contributed by atoms with Gasteiger partial charge in [-0.05, 0) is 18.4 Å². The first-order chi connectivity index (χ1) is 6.84. The van der Waals surface area contributed by atoms with Crippen LogP contribution >= 0.6 is 11.3 Å². The Kier molecular flexibility index (Phi) is 2.90. The van der Waals surface area contributed by atoms with Crippen LogP contribution in [0.4, 0.5) is 0 Å². The number of aromatic nitrogens is 3. The van der Waals surface area contributed by atoms with Gasteiger partial charge in [-0.1, -0.05) is 6.07 Å². The predicted octanol–water partition coefficient (Wildman–Crippen LogP) is 1.46. The summed E-state index contributed by atoms with van der Waals surface area (Å²) in [6.45, 7) is 3.49. The molecule has 4 nitrogen and oxygen atoms in total. The van der Waals surface area contributed by atoms with E-state index in [1.54, 1.807) is 11.3 Å². The molecule has 2 aromatic rings. The van der Waals surface area contributed by atoms with Gasteiger partial charge in [0.2, 0.25) is 0 Å². The van der Waals surface area contributed by atoms with E-state index >= 15 is 0 Å². The molecule has 0 atom stereocenters. The second-order valence-electron chi connectivity index (χ2n) is 3.02. The zero-order valence-electron chi connectivity index (χ0n) is 7.95. The van der Waals surface area contributed by atoms with Crippen LogP contribution in [-0.4, -0.2) is 15.2 Å². The van der Waals surface area contributed by atoms with Crippen LogP contribution in [0, 0.1) is 6.92 Å². The zero-order valence-corrected chi connectivity index (χ0v) is 8.77. The second-order valence-corrected chi connectivity index (χ2v) is 4.05. The smallest absolute Gasteiger partial charge is 0.164 e. The SMILES string of the molecule is Cc1nc(CNCc2cccs2)n[nH]1. The maximum atomic E-state index is 4.20. The van der Waals surface area contributed by atoms with Crippen LogP contribution in [0.5, 0.6) is 0 Å². The summed E-state index contributed by atoms with van der Waals surface area (Å²) < 4.78 is 0. The molecule has 2 N–H and O–H groups in total. The lowest BCUT2D eigenvalue weighted by atomic mass is 10.4. The van der Waals surface area contributed by atoms with Crippen molar-refractivity contribution in [1.82, 2.24) is 20.5 Å². The summed E-state index contributed by atoms with van der Waals surface area (Å²) in [5, 5.41) is 12.2. The molecule has 0 aliphatic rings. The van der Waals surface area contributed by atoms with E-state index in [2.05, 4.69) is 38.0 Å². The highest BCUT2D eigenvalue weighted by atomic mass is 32.1. The molecule has 0 saturated carbocycles. The van der Waals surface area contributed by atoms with Gasteiger partial charge in [-0.25, -0.2) is 4.98 Å². The van der Waals surface area contributed by atoms with E-state index in [0.717, 1.165) is 18.2 Å². The van der Waals surface area contributed by atoms with E-state index in [1.165, 1.54) is 4.88 Å². The predicted molar refractivity (Wildman–Crippen MR) is 56.0 cm³/mol. The van der Waals surface area contributed by atoms with Gasteiger partial charge < -0.3 is 5.32 Å². The number of H-pyrrole nitrogens is 1. The van der Waals surface area contributed by atoms with Gasteiger partial charge in [-0.15, -0.1) is 11.3 Å². The summed E-state index contributed by atoms with van der Waals surface area (Å²) in [5.74, 6) is 1.68. The molecule has 0 bridgehead atoms. The van der Waals surface area contributed by atoms with E-state index in [0.29, 0.717) is 6.54 Å². The largest absolute Gasteiger partial charge is 0.305 e. The number of hydrogen-bond acceptors (Lipinski definition) is 4. The third-order valence-corrected chi connectivity index (χ3v) is 2.68. The summed E-state index contributed by atoms with van der Waals surface area (Å²) in [6, 6.07) is 4.17. The van der Waals surface area contributed by atoms with Crippen molar-refractivity contribution in [2.75, 3.05) is 0 Å². The molecule has 0 fully saturated rings. The topological polar surface area (TPSA) is 53.6 Å². The first-order valence-electron chi connectivity index (χ1n) is 4.45. The van der Waals surface area contributed by atoms with Crippen LogP contribution in [0.25, 0.3) is 0 Å². The molecule has 5 heteroatoms. The lowest BCUT2D eigenvalue weighted by molar-refractivity contribution is 0.671. The lowest BCUT2D eigenvalue weighted by Gasteiger charge is -1.97. The molecule has 2 rings (SSSR count). The van der Waals surface area contributed by atoms with Gasteiger partial charge in [0, 0.05) is 11.4 Å². The third-order valence-electron chi connectivity index (χ3n) is 1.81. The van der Waals surface area contributed by atoms with Crippen LogP contribution in [0.1, 0.15) is 16.5 Å². The molecule has 0 radical (unpaired) electrons. The number of aryl methyl sites for hydroxylation is 1. The normalized spacial score (nSPS) is 10.6. The molecule has 0 unspecified atom stereocenters. The molecular formula is C9H12N4S. The van der Waals surface area contributed by atoms with Crippen LogP contribution in [0.2, 0.25) is 0 Å². The number of hydrogen-bond donors (Lipinski definition) is 2. The fourth-order valence-corrected chi connectivity index (χ4v) is 1.85. The van der Waals surface area contributed by atoms with Crippen molar-refractivity contribution in [2.45, 2.75) is 20.0 Å². The van der Waals surface area contributed by atoms with E-state index in [9.17, 15) is 0 Å². The van der Waals surface area contributed by atoms with E-state index in [1.807, 2.05) is 6.92 Å². The third kappa shape index (κ3) is 2.40. The van der Waals surface area contributed by atoms with Crippen molar-refractivity contribution in [1.29, 1.82) is 0 Å². The van der Waals surface area contributed by atoms with Gasteiger partial charge >= 0.3 is 0 Å². The Bertz CT molecular complexity index is 379. The summed E-state index contributed by atoms with van der Waals surface area (Å²) in [6.07, 6.45) is 0. The molecule has 14 heavy (non-hydrogen) atoms. The molecule has 2 heterocycles. The maximum absolute atomic E-state index is 4.20. The Labute approximate surface area is 86.4 Å². The fraction of sp³-hybridized carbons (Fsp3) is 0.333. The van der Waals surface area contributed by atoms with Gasteiger partial charge in [0.15, 0.2) is 5.82 Å². The number of rotatable bonds is 4. The van der Waals surface area contributed by atoms with Crippen molar-refractivity contribution in [2.24, 2.45) is 0 Å². The average Bonchev–Trinajstić information content (AvgIpc) is 2.77. The number of nitrogens with zero attached hydrogens (tertiary/aromatic N) is 2. The Hall–Kier alpha value is -1.20. The Balaban J connectivity index is 1.78. The van der Waals surface area contributed by atoms with E-state index in [4.69, 9.17) is 0 Å². The van der Waals surface area contributed by atoms with Gasteiger partial charge in [-0.3, -0.25) is 5.10 Å². The van der Waals surface area contributed by atoms with Gasteiger partial charge in [0.25, 0.3) is 0 Å². The van der Waals surface area contributed by atoms with Gasteiger partial charge in [-0.2, -0.15) is 5.10 Å². The molecular weight excluding hydrogens is 196 g/mol. The van der Waals surface area contributed by atoms with Crippen LogP contribution < -0.4 is 5.32 Å². The van der Waals surface area contributed by atoms with Crippen LogP contribution in [0.3, 0.4) is 0 Å². The van der Waals surface area contributed by atoms with Crippen molar-refractivity contribution in [3.8, 4) is 0 Å². The van der Waals surface area contributed by atoms with Crippen LogP contribution in [0.15, 0.2) is 17.5 Å². The molecule has 2 aromatic heterocycles. The fourth-order valence-electron chi connectivity index (χ4n) is 1.18. The van der Waals surface area contributed by atoms with E-state index in [-0.39, 0.29) is 0 Å². The number of nitrogens with one attached hydrogen (secondary N) is 2. The van der Waals surface area contributed by atoms with E-state index < -0.39 is 0 Å². The summed E-state index contributed by atoms with van der Waals surface area (Å²) in [5.41, 5.74) is 0. The Morgan fingerprint density at radius 2 is 2.43 bits per heavy atom. The molecule has 0 amide bonds. The van der Waals surface area contributed by atoms with Crippen molar-refractivity contribution in [3.63, 3.8) is 0 Å². The van der Waals surface area contributed by atoms with Crippen molar-refractivity contribution in [3.05, 3.63) is 34.0 Å². The summed E-state index contributed by atoms with van der Waals surface area (Å²) in [4.78, 5) is 5.53. The first-order valence-corrected chi connectivity index (χ1v) is 5.33. The average molecular weight is 208 g/mol. The first kappa shape index (κ1) is 9.36. The maximum Gasteiger partial charge on any atom is 0.164 e. The number of thiophene rings is 1. The molecule has 0 saturated heterocycles. The van der Waals surface area contributed by atoms with Crippen molar-refractivity contribution < 1.29 is 0 Å². The zero-order chi connectivity index (χ0) is 9.80. The summed E-state index contributed by atoms with van der Waals surface area (Å²) in [7, 11) is 0. The highest BCUT2D eigenvalue weighted by Gasteiger charge is 1.98. The highest BCUT2D eigenvalue weighted by molar-refractivity contribution is 7.09. The standard InChI is InChI=1S/C9H12N4S/c1-7-11-9(13-12-7)6-10-5-8-3-2-4-14-8/h2-4,10H,5-6H2,1H3,(H,11,12,13). The highest BCUT2D eigenvalue weighted by Crippen LogP contribution is 2.07. The van der Waals surface area contributed by atoms with Gasteiger partial charge in [0.05, 0.1) is 6.54 Å². The lowest BCUT2D eigenvalue weighted by Crippen LogP contribution is -2.12. The Morgan fingerprint density at radius 1 is 1.50 bits per heavy atom. The number of aromatic amines is 1. The molecule has 0 spiro atoms. The molecule has 0 aliphatic carbocycles. The van der Waals surface area contributed by atoms with Gasteiger partial charge in [0.1, 0.15) is 5.82 Å². The minimum Gasteiger partial charge on any atom is -0.305 e. The van der Waals surface area contributed by atoms with Crippen LogP contribution in [-0.2, 0) is 13.1 Å². The monoisotopic (exact) mass is 208 g/mol. The molecule has 0 aromatic carbocycles. The Morgan fingerprint density at radius 3 is 3.07 bits per heavy atom. The van der Waals surface area contributed by atoms with Crippen molar-refractivity contribution >= 4 is 11.3 Å². The molecule has 0 aliphatic heterocycles.